The van der Waals surface area contributed by atoms with Crippen LogP contribution in [0.15, 0.2) is 42.5 Å². The molecule has 1 N–H and O–H groups in total. The molecular weight excluding hydrogens is 471 g/mol. The monoisotopic (exact) mass is 504 g/mol. The summed E-state index contributed by atoms with van der Waals surface area (Å²) in [5.74, 6) is -0.336. The fourth-order valence-corrected chi connectivity index (χ4v) is 4.55. The van der Waals surface area contributed by atoms with Gasteiger partial charge in [-0.15, -0.1) is 11.6 Å². The first-order valence-electron chi connectivity index (χ1n) is 12.1. The maximum Gasteiger partial charge on any atom is 0.247 e. The Balaban J connectivity index is 2.01. The van der Waals surface area contributed by atoms with Gasteiger partial charge in [-0.2, -0.15) is 0 Å². The molecule has 0 spiro atoms. The van der Waals surface area contributed by atoms with Crippen LogP contribution in [0.5, 0.6) is 11.5 Å². The molecule has 0 unspecified atom stereocenters. The van der Waals surface area contributed by atoms with Gasteiger partial charge >= 0.3 is 0 Å². The van der Waals surface area contributed by atoms with Crippen molar-refractivity contribution < 1.29 is 23.5 Å². The zero-order valence-corrected chi connectivity index (χ0v) is 21.3. The third-order valence-electron chi connectivity index (χ3n) is 6.08. The molecule has 1 aliphatic carbocycles. The molecule has 1 atom stereocenters. The Bertz CT molecular complexity index is 993. The summed E-state index contributed by atoms with van der Waals surface area (Å²) in [5, 5.41) is 3.15. The quantitative estimate of drug-likeness (QED) is 0.441. The highest BCUT2D eigenvalue weighted by molar-refractivity contribution is 6.27. The average molecular weight is 505 g/mol. The highest BCUT2D eigenvalue weighted by Gasteiger charge is 2.33. The van der Waals surface area contributed by atoms with Gasteiger partial charge in [0.05, 0.1) is 13.2 Å². The summed E-state index contributed by atoms with van der Waals surface area (Å²) in [5.41, 5.74) is 1.26. The lowest BCUT2D eigenvalue weighted by Gasteiger charge is -2.33. The second kappa shape index (κ2) is 12.8. The van der Waals surface area contributed by atoms with Crippen LogP contribution in [-0.2, 0) is 16.1 Å². The molecule has 0 saturated heterocycles. The van der Waals surface area contributed by atoms with E-state index in [-0.39, 0.29) is 36.3 Å². The SMILES string of the molecule is COc1cc([C@@H](C(=O)NC2CCCCC2)N(Cc2ccc(F)cc2)C(=O)CCl)ccc1OC(C)C. The summed E-state index contributed by atoms with van der Waals surface area (Å²) < 4.78 is 24.8. The van der Waals surface area contributed by atoms with Crippen molar-refractivity contribution in [3.05, 3.63) is 59.4 Å². The van der Waals surface area contributed by atoms with E-state index in [4.69, 9.17) is 21.1 Å². The van der Waals surface area contributed by atoms with Crippen molar-refractivity contribution >= 4 is 23.4 Å². The van der Waals surface area contributed by atoms with Crippen molar-refractivity contribution in [2.75, 3.05) is 13.0 Å². The maximum absolute atomic E-state index is 13.7. The minimum absolute atomic E-state index is 0.0583. The summed E-state index contributed by atoms with van der Waals surface area (Å²) in [6.45, 7) is 3.93. The first-order valence-corrected chi connectivity index (χ1v) is 12.6. The molecule has 0 bridgehead atoms. The van der Waals surface area contributed by atoms with Crippen LogP contribution in [-0.4, -0.2) is 41.8 Å². The van der Waals surface area contributed by atoms with Crippen molar-refractivity contribution in [2.45, 2.75) is 70.7 Å². The molecule has 0 aromatic heterocycles. The Kier molecular flexibility index (Phi) is 9.78. The molecule has 1 aliphatic rings. The minimum atomic E-state index is -0.949. The van der Waals surface area contributed by atoms with Crippen LogP contribution in [0.3, 0.4) is 0 Å². The van der Waals surface area contributed by atoms with Gasteiger partial charge in [0, 0.05) is 12.6 Å². The number of carbonyl (C=O) groups excluding carboxylic acids is 2. The lowest BCUT2D eigenvalue weighted by Crippen LogP contribution is -2.47. The molecule has 0 radical (unpaired) electrons. The highest BCUT2D eigenvalue weighted by Crippen LogP contribution is 2.34. The highest BCUT2D eigenvalue weighted by atomic mass is 35.5. The lowest BCUT2D eigenvalue weighted by molar-refractivity contribution is -0.140. The summed E-state index contributed by atoms with van der Waals surface area (Å²) in [6.07, 6.45) is 5.03. The van der Waals surface area contributed by atoms with Crippen molar-refractivity contribution in [3.8, 4) is 11.5 Å². The van der Waals surface area contributed by atoms with Crippen LogP contribution < -0.4 is 14.8 Å². The number of nitrogens with zero attached hydrogens (tertiary/aromatic N) is 1. The Hall–Kier alpha value is -2.80. The number of hydrogen-bond acceptors (Lipinski definition) is 4. The average Bonchev–Trinajstić information content (AvgIpc) is 2.85. The standard InChI is InChI=1S/C27H34ClFN2O4/c1-18(2)35-23-14-11-20(15-24(23)34-3)26(27(33)30-22-7-5-4-6-8-22)31(25(32)16-28)17-19-9-12-21(29)13-10-19/h9-15,18,22,26H,4-8,16-17H2,1-3H3,(H,30,33)/t26-/m0/s1. The number of hydrogen-bond donors (Lipinski definition) is 1. The van der Waals surface area contributed by atoms with Gasteiger partial charge in [0.1, 0.15) is 17.7 Å². The molecular formula is C27H34ClFN2O4. The topological polar surface area (TPSA) is 67.9 Å². The van der Waals surface area contributed by atoms with Crippen molar-refractivity contribution in [1.29, 1.82) is 0 Å². The second-order valence-corrected chi connectivity index (χ2v) is 9.37. The van der Waals surface area contributed by atoms with Gasteiger partial charge in [-0.25, -0.2) is 4.39 Å². The van der Waals surface area contributed by atoms with Crippen LogP contribution >= 0.6 is 11.6 Å². The number of benzene rings is 2. The molecule has 2 aromatic rings. The summed E-state index contributed by atoms with van der Waals surface area (Å²) in [4.78, 5) is 28.2. The van der Waals surface area contributed by atoms with E-state index in [1.54, 1.807) is 30.3 Å². The molecule has 0 aliphatic heterocycles. The van der Waals surface area contributed by atoms with E-state index >= 15 is 0 Å². The van der Waals surface area contributed by atoms with E-state index < -0.39 is 11.9 Å². The van der Waals surface area contributed by atoms with Crippen LogP contribution in [0.25, 0.3) is 0 Å². The zero-order chi connectivity index (χ0) is 25.4. The number of amides is 2. The molecule has 8 heteroatoms. The first-order chi connectivity index (χ1) is 16.8. The minimum Gasteiger partial charge on any atom is -0.493 e. The van der Waals surface area contributed by atoms with Crippen molar-refractivity contribution in [3.63, 3.8) is 0 Å². The van der Waals surface area contributed by atoms with E-state index in [0.717, 1.165) is 32.1 Å². The van der Waals surface area contributed by atoms with E-state index in [2.05, 4.69) is 5.32 Å². The fourth-order valence-electron chi connectivity index (χ4n) is 4.39. The third kappa shape index (κ3) is 7.34. The molecule has 1 fully saturated rings. The van der Waals surface area contributed by atoms with Gasteiger partial charge in [-0.05, 0) is 62.1 Å². The van der Waals surface area contributed by atoms with Crippen molar-refractivity contribution in [1.82, 2.24) is 10.2 Å². The predicted molar refractivity (Wildman–Crippen MR) is 134 cm³/mol. The van der Waals surface area contributed by atoms with Crippen LogP contribution in [0.2, 0.25) is 0 Å². The smallest absolute Gasteiger partial charge is 0.247 e. The Morgan fingerprint density at radius 2 is 1.77 bits per heavy atom. The lowest BCUT2D eigenvalue weighted by atomic mass is 9.94. The number of methoxy groups -OCH3 is 1. The van der Waals surface area contributed by atoms with Gasteiger partial charge in [0.25, 0.3) is 0 Å². The number of alkyl halides is 1. The third-order valence-corrected chi connectivity index (χ3v) is 6.31. The number of rotatable bonds is 10. The second-order valence-electron chi connectivity index (χ2n) is 9.10. The summed E-state index contributed by atoms with van der Waals surface area (Å²) in [6, 6.07) is 10.2. The van der Waals surface area contributed by atoms with E-state index in [9.17, 15) is 14.0 Å². The Morgan fingerprint density at radius 3 is 2.37 bits per heavy atom. The van der Waals surface area contributed by atoms with Gasteiger partial charge in [0.2, 0.25) is 11.8 Å². The van der Waals surface area contributed by atoms with E-state index in [1.165, 1.54) is 24.1 Å². The summed E-state index contributed by atoms with van der Waals surface area (Å²) in [7, 11) is 1.53. The Labute approximate surface area is 211 Å². The number of nitrogens with one attached hydrogen (secondary N) is 1. The van der Waals surface area contributed by atoms with Gasteiger partial charge in [0.15, 0.2) is 11.5 Å². The molecule has 1 saturated carbocycles. The normalized spacial score (nSPS) is 14.9. The number of halogens is 2. The number of ether oxygens (including phenoxy) is 2. The van der Waals surface area contributed by atoms with E-state index in [0.29, 0.717) is 22.6 Å². The largest absolute Gasteiger partial charge is 0.493 e. The summed E-state index contributed by atoms with van der Waals surface area (Å²) >= 11 is 5.98. The van der Waals surface area contributed by atoms with Crippen LogP contribution in [0, 0.1) is 5.82 Å². The fraction of sp³-hybridized carbons (Fsp3) is 0.481. The molecule has 2 amide bonds. The molecule has 2 aromatic carbocycles. The first kappa shape index (κ1) is 26.8. The van der Waals surface area contributed by atoms with Gasteiger partial charge in [-0.3, -0.25) is 9.59 Å². The molecule has 0 heterocycles. The molecule has 190 valence electrons. The van der Waals surface area contributed by atoms with Crippen LogP contribution in [0.1, 0.15) is 63.1 Å². The maximum atomic E-state index is 13.7. The predicted octanol–water partition coefficient (Wildman–Crippen LogP) is 5.38. The molecule has 3 rings (SSSR count). The van der Waals surface area contributed by atoms with Gasteiger partial charge in [-0.1, -0.05) is 37.5 Å². The van der Waals surface area contributed by atoms with Crippen LogP contribution in [0.4, 0.5) is 4.39 Å². The Morgan fingerprint density at radius 1 is 1.09 bits per heavy atom. The zero-order valence-electron chi connectivity index (χ0n) is 20.6. The molecule has 35 heavy (non-hydrogen) atoms. The van der Waals surface area contributed by atoms with Gasteiger partial charge < -0.3 is 19.7 Å². The van der Waals surface area contributed by atoms with Crippen molar-refractivity contribution in [2.24, 2.45) is 0 Å². The van der Waals surface area contributed by atoms with E-state index in [1.807, 2.05) is 13.8 Å². The molecule has 6 nitrogen and oxygen atoms in total. The number of carbonyl (C=O) groups is 2.